The van der Waals surface area contributed by atoms with E-state index in [1.165, 1.54) is 0 Å². The maximum absolute atomic E-state index is 13.5. The van der Waals surface area contributed by atoms with Gasteiger partial charge in [0.05, 0.1) is 22.8 Å². The van der Waals surface area contributed by atoms with Crippen molar-refractivity contribution in [3.05, 3.63) is 53.8 Å². The standard InChI is InChI=1S/C19H20F4N2O3S/c1-2-28-18-6-4-3-5-17(18)24-9-11-25(12-10-24)29(26,27)14-7-8-16(20)15(13-14)19(21,22)23/h3-8,13H,2,9-12H2,1H3. The van der Waals surface area contributed by atoms with Gasteiger partial charge in [0.1, 0.15) is 11.6 Å². The van der Waals surface area contributed by atoms with Crippen LogP contribution in [0.5, 0.6) is 5.75 Å². The number of benzene rings is 2. The molecule has 0 bridgehead atoms. The molecule has 1 aliphatic heterocycles. The van der Waals surface area contributed by atoms with Crippen molar-refractivity contribution >= 4 is 15.7 Å². The van der Waals surface area contributed by atoms with Crippen molar-refractivity contribution in [2.24, 2.45) is 0 Å². The second-order valence-corrected chi connectivity index (χ2v) is 8.37. The summed E-state index contributed by atoms with van der Waals surface area (Å²) in [6.45, 7) is 3.20. The number of alkyl halides is 3. The monoisotopic (exact) mass is 432 g/mol. The smallest absolute Gasteiger partial charge is 0.419 e. The lowest BCUT2D eigenvalue weighted by Crippen LogP contribution is -2.48. The van der Waals surface area contributed by atoms with Crippen LogP contribution in [0.4, 0.5) is 23.2 Å². The molecule has 29 heavy (non-hydrogen) atoms. The number of sulfonamides is 1. The van der Waals surface area contributed by atoms with Crippen molar-refractivity contribution in [1.29, 1.82) is 0 Å². The molecule has 1 aliphatic rings. The third-order valence-electron chi connectivity index (χ3n) is 4.63. The highest BCUT2D eigenvalue weighted by Gasteiger charge is 2.37. The van der Waals surface area contributed by atoms with Gasteiger partial charge in [-0.2, -0.15) is 17.5 Å². The van der Waals surface area contributed by atoms with Crippen LogP contribution in [0, 0.1) is 5.82 Å². The van der Waals surface area contributed by atoms with Crippen LogP contribution in [0.2, 0.25) is 0 Å². The minimum atomic E-state index is -4.97. The number of piperazine rings is 1. The Bertz CT molecular complexity index is 972. The summed E-state index contributed by atoms with van der Waals surface area (Å²) >= 11 is 0. The molecule has 0 spiro atoms. The van der Waals surface area contributed by atoms with Gasteiger partial charge in [0.2, 0.25) is 10.0 Å². The van der Waals surface area contributed by atoms with Crippen LogP contribution >= 0.6 is 0 Å². The number of hydrogen-bond acceptors (Lipinski definition) is 4. The fourth-order valence-corrected chi connectivity index (χ4v) is 4.65. The van der Waals surface area contributed by atoms with Crippen molar-refractivity contribution in [2.45, 2.75) is 18.0 Å². The summed E-state index contributed by atoms with van der Waals surface area (Å²) in [5, 5.41) is 0. The number of para-hydroxylation sites is 2. The van der Waals surface area contributed by atoms with Crippen LogP contribution in [-0.2, 0) is 16.2 Å². The highest BCUT2D eigenvalue weighted by molar-refractivity contribution is 7.89. The Morgan fingerprint density at radius 2 is 1.69 bits per heavy atom. The third kappa shape index (κ3) is 4.48. The zero-order valence-corrected chi connectivity index (χ0v) is 16.4. The van der Waals surface area contributed by atoms with Gasteiger partial charge in [-0.1, -0.05) is 12.1 Å². The first-order valence-corrected chi connectivity index (χ1v) is 10.4. The van der Waals surface area contributed by atoms with E-state index in [-0.39, 0.29) is 13.1 Å². The molecule has 2 aromatic carbocycles. The van der Waals surface area contributed by atoms with Crippen LogP contribution in [-0.4, -0.2) is 45.5 Å². The highest BCUT2D eigenvalue weighted by Crippen LogP contribution is 2.34. The predicted molar refractivity (Wildman–Crippen MR) is 100.0 cm³/mol. The normalized spacial score (nSPS) is 16.1. The lowest BCUT2D eigenvalue weighted by Gasteiger charge is -2.36. The molecule has 0 saturated carbocycles. The number of nitrogens with zero attached hydrogens (tertiary/aromatic N) is 2. The lowest BCUT2D eigenvalue weighted by molar-refractivity contribution is -0.140. The van der Waals surface area contributed by atoms with Crippen molar-refractivity contribution < 1.29 is 30.7 Å². The summed E-state index contributed by atoms with van der Waals surface area (Å²) in [4.78, 5) is 1.39. The second kappa shape index (κ2) is 8.19. The van der Waals surface area contributed by atoms with Gasteiger partial charge in [0.15, 0.2) is 0 Å². The molecule has 10 heteroatoms. The van der Waals surface area contributed by atoms with E-state index in [0.29, 0.717) is 37.6 Å². The maximum atomic E-state index is 13.5. The van der Waals surface area contributed by atoms with Crippen LogP contribution in [0.25, 0.3) is 0 Å². The molecular formula is C19H20F4N2O3S. The average molecular weight is 432 g/mol. The second-order valence-electron chi connectivity index (χ2n) is 6.43. The van der Waals surface area contributed by atoms with Gasteiger partial charge in [-0.05, 0) is 37.3 Å². The molecule has 0 N–H and O–H groups in total. The molecule has 0 aromatic heterocycles. The summed E-state index contributed by atoms with van der Waals surface area (Å²) in [6, 6.07) is 9.10. The molecule has 3 rings (SSSR count). The maximum Gasteiger partial charge on any atom is 0.419 e. The van der Waals surface area contributed by atoms with E-state index in [1.54, 1.807) is 0 Å². The van der Waals surface area contributed by atoms with Gasteiger partial charge in [-0.3, -0.25) is 0 Å². The summed E-state index contributed by atoms with van der Waals surface area (Å²) in [5.41, 5.74) is -0.768. The van der Waals surface area contributed by atoms with Gasteiger partial charge in [0, 0.05) is 26.2 Å². The summed E-state index contributed by atoms with van der Waals surface area (Å²) in [6.07, 6.45) is -4.97. The molecule has 2 aromatic rings. The largest absolute Gasteiger partial charge is 0.492 e. The molecule has 158 valence electrons. The molecule has 0 unspecified atom stereocenters. The number of rotatable bonds is 5. The number of hydrogen-bond donors (Lipinski definition) is 0. The topological polar surface area (TPSA) is 49.9 Å². The molecule has 0 amide bonds. The van der Waals surface area contributed by atoms with Crippen LogP contribution in [0.3, 0.4) is 0 Å². The van der Waals surface area contributed by atoms with E-state index < -0.39 is 32.5 Å². The first-order chi connectivity index (χ1) is 13.6. The number of anilines is 1. The van der Waals surface area contributed by atoms with Crippen LogP contribution in [0.1, 0.15) is 12.5 Å². The van der Waals surface area contributed by atoms with E-state index in [2.05, 4.69) is 0 Å². The molecule has 1 heterocycles. The third-order valence-corrected chi connectivity index (χ3v) is 6.52. The van der Waals surface area contributed by atoms with Gasteiger partial charge in [-0.15, -0.1) is 0 Å². The van der Waals surface area contributed by atoms with Gasteiger partial charge in [-0.25, -0.2) is 12.8 Å². The average Bonchev–Trinajstić information content (AvgIpc) is 2.68. The fraction of sp³-hybridized carbons (Fsp3) is 0.368. The minimum Gasteiger partial charge on any atom is -0.492 e. The quantitative estimate of drug-likeness (QED) is 0.676. The molecular weight excluding hydrogens is 412 g/mol. The van der Waals surface area contributed by atoms with E-state index in [0.717, 1.165) is 16.1 Å². The highest BCUT2D eigenvalue weighted by atomic mass is 32.2. The van der Waals surface area contributed by atoms with E-state index in [9.17, 15) is 26.0 Å². The summed E-state index contributed by atoms with van der Waals surface area (Å²) < 4.78 is 84.6. The van der Waals surface area contributed by atoms with Crippen LogP contribution < -0.4 is 9.64 Å². The van der Waals surface area contributed by atoms with Crippen molar-refractivity contribution in [3.8, 4) is 5.75 Å². The zero-order chi connectivity index (χ0) is 21.2. The fourth-order valence-electron chi connectivity index (χ4n) is 3.20. The summed E-state index contributed by atoms with van der Waals surface area (Å²) in [7, 11) is -4.18. The molecule has 1 fully saturated rings. The molecule has 5 nitrogen and oxygen atoms in total. The van der Waals surface area contributed by atoms with Gasteiger partial charge >= 0.3 is 6.18 Å². The lowest BCUT2D eigenvalue weighted by atomic mass is 10.2. The van der Waals surface area contributed by atoms with Gasteiger partial charge < -0.3 is 9.64 Å². The Labute approximate surface area is 166 Å². The van der Waals surface area contributed by atoms with E-state index in [1.807, 2.05) is 36.1 Å². The molecule has 1 saturated heterocycles. The molecule has 0 radical (unpaired) electrons. The van der Waals surface area contributed by atoms with Gasteiger partial charge in [0.25, 0.3) is 0 Å². The first kappa shape index (κ1) is 21.4. The van der Waals surface area contributed by atoms with Crippen LogP contribution in [0.15, 0.2) is 47.4 Å². The Morgan fingerprint density at radius 3 is 2.31 bits per heavy atom. The Morgan fingerprint density at radius 1 is 1.03 bits per heavy atom. The van der Waals surface area contributed by atoms with E-state index in [4.69, 9.17) is 4.74 Å². The first-order valence-electron chi connectivity index (χ1n) is 8.98. The Kier molecular flexibility index (Phi) is 6.04. The predicted octanol–water partition coefficient (Wildman–Crippen LogP) is 3.75. The minimum absolute atomic E-state index is 0.0848. The number of halogens is 4. The molecule has 0 aliphatic carbocycles. The SMILES string of the molecule is CCOc1ccccc1N1CCN(S(=O)(=O)c2ccc(F)c(C(F)(F)F)c2)CC1. The molecule has 0 atom stereocenters. The number of ether oxygens (including phenoxy) is 1. The van der Waals surface area contributed by atoms with Crippen molar-refractivity contribution in [1.82, 2.24) is 4.31 Å². The summed E-state index contributed by atoms with van der Waals surface area (Å²) in [5.74, 6) is -0.825. The zero-order valence-electron chi connectivity index (χ0n) is 15.6. The Hall–Kier alpha value is -2.33. The van der Waals surface area contributed by atoms with Crippen molar-refractivity contribution in [2.75, 3.05) is 37.7 Å². The van der Waals surface area contributed by atoms with E-state index >= 15 is 0 Å². The Balaban J connectivity index is 1.79. The van der Waals surface area contributed by atoms with Crippen molar-refractivity contribution in [3.63, 3.8) is 0 Å².